The van der Waals surface area contributed by atoms with Gasteiger partial charge in [0.25, 0.3) is 0 Å². The molecule has 3 aromatic heterocycles. The molecule has 0 atom stereocenters. The Kier molecular flexibility index (Phi) is 7.25. The van der Waals surface area contributed by atoms with Gasteiger partial charge in [-0.1, -0.05) is 115 Å². The summed E-state index contributed by atoms with van der Waals surface area (Å²) >= 11 is 0. The molecule has 6 aromatic carbocycles. The zero-order chi connectivity index (χ0) is 33.3. The molecule has 0 aliphatic heterocycles. The van der Waals surface area contributed by atoms with E-state index in [0.29, 0.717) is 34.9 Å². The van der Waals surface area contributed by atoms with Crippen molar-refractivity contribution >= 4 is 21.5 Å². The van der Waals surface area contributed by atoms with Crippen LogP contribution in [0.1, 0.15) is 0 Å². The second-order valence-corrected chi connectivity index (χ2v) is 11.6. The predicted molar refractivity (Wildman–Crippen MR) is 194 cm³/mol. The van der Waals surface area contributed by atoms with Crippen molar-refractivity contribution in [1.82, 2.24) is 44.9 Å². The van der Waals surface area contributed by atoms with Gasteiger partial charge >= 0.3 is 0 Å². The molecule has 9 rings (SSSR count). The Bertz CT molecular complexity index is 2650. The lowest BCUT2D eigenvalue weighted by Crippen LogP contribution is -1.98. The van der Waals surface area contributed by atoms with E-state index in [-0.39, 0.29) is 0 Å². The lowest BCUT2D eigenvalue weighted by atomic mass is 9.94. The Morgan fingerprint density at radius 1 is 0.280 bits per heavy atom. The van der Waals surface area contributed by atoms with Crippen LogP contribution in [0.25, 0.3) is 89.9 Å². The minimum absolute atomic E-state index is 0.571. The van der Waals surface area contributed by atoms with Crippen LogP contribution in [0, 0.1) is 0 Å². The molecule has 50 heavy (non-hydrogen) atoms. The maximum absolute atomic E-state index is 4.93. The first-order chi connectivity index (χ1) is 24.8. The predicted octanol–water partition coefficient (Wildman–Crippen LogP) is 8.55. The van der Waals surface area contributed by atoms with E-state index in [0.717, 1.165) is 54.9 Å². The third-order valence-corrected chi connectivity index (χ3v) is 8.52. The average molecular weight is 644 g/mol. The quantitative estimate of drug-likeness (QED) is 0.164. The monoisotopic (exact) mass is 643 g/mol. The molecule has 0 N–H and O–H groups in total. The van der Waals surface area contributed by atoms with Crippen LogP contribution in [0.2, 0.25) is 0 Å². The summed E-state index contributed by atoms with van der Waals surface area (Å²) in [7, 11) is 0. The third-order valence-electron chi connectivity index (χ3n) is 8.52. The molecule has 0 fully saturated rings. The van der Waals surface area contributed by atoms with Gasteiger partial charge in [0.15, 0.2) is 34.9 Å². The lowest BCUT2D eigenvalue weighted by Gasteiger charge is -2.13. The second kappa shape index (κ2) is 12.5. The molecule has 0 aliphatic carbocycles. The minimum atomic E-state index is 0.571. The van der Waals surface area contributed by atoms with Crippen LogP contribution in [0.5, 0.6) is 0 Å². The summed E-state index contributed by atoms with van der Waals surface area (Å²) in [4.78, 5) is 41.7. The largest absolute Gasteiger partial charge is 0.217 e. The summed E-state index contributed by atoms with van der Waals surface area (Å²) in [6, 6.07) is 44.3. The van der Waals surface area contributed by atoms with Gasteiger partial charge < -0.3 is 0 Å². The van der Waals surface area contributed by atoms with Gasteiger partial charge in [0, 0.05) is 33.4 Å². The van der Waals surface area contributed by atoms with E-state index in [1.807, 2.05) is 103 Å². The van der Waals surface area contributed by atoms with Crippen LogP contribution >= 0.6 is 0 Å². The fraction of sp³-hybridized carbons (Fsp3) is 0. The van der Waals surface area contributed by atoms with E-state index >= 15 is 0 Å². The van der Waals surface area contributed by atoms with E-state index in [9.17, 15) is 0 Å². The Morgan fingerprint density at radius 2 is 0.680 bits per heavy atom. The molecule has 9 nitrogen and oxygen atoms in total. The van der Waals surface area contributed by atoms with Crippen molar-refractivity contribution < 1.29 is 0 Å². The molecular formula is C41H25N9. The van der Waals surface area contributed by atoms with Crippen molar-refractivity contribution in [2.75, 3.05) is 0 Å². The molecule has 9 heteroatoms. The zero-order valence-corrected chi connectivity index (χ0v) is 26.5. The number of hydrogen-bond donors (Lipinski definition) is 0. The summed E-state index contributed by atoms with van der Waals surface area (Å²) in [5.74, 6) is 3.57. The second-order valence-electron chi connectivity index (χ2n) is 11.6. The summed E-state index contributed by atoms with van der Waals surface area (Å²) < 4.78 is 0. The van der Waals surface area contributed by atoms with E-state index in [2.05, 4.69) is 60.2 Å². The first kappa shape index (κ1) is 29.0. The lowest BCUT2D eigenvalue weighted by molar-refractivity contribution is 1.07. The number of nitrogens with zero attached hydrogens (tertiary/aromatic N) is 9. The number of aromatic nitrogens is 9. The van der Waals surface area contributed by atoms with Crippen LogP contribution in [0.4, 0.5) is 0 Å². The molecule has 0 spiro atoms. The average Bonchev–Trinajstić information content (AvgIpc) is 3.21. The molecule has 0 saturated heterocycles. The Balaban J connectivity index is 1.23. The van der Waals surface area contributed by atoms with Crippen LogP contribution in [-0.2, 0) is 0 Å². The van der Waals surface area contributed by atoms with E-state index in [1.54, 1.807) is 19.0 Å². The number of fused-ring (bicyclic) bond motifs is 3. The van der Waals surface area contributed by atoms with E-state index in [4.69, 9.17) is 15.0 Å². The van der Waals surface area contributed by atoms with Crippen molar-refractivity contribution in [3.63, 3.8) is 0 Å². The normalized spacial score (nSPS) is 11.2. The van der Waals surface area contributed by atoms with Gasteiger partial charge in [0.1, 0.15) is 19.0 Å². The number of hydrogen-bond acceptors (Lipinski definition) is 9. The Morgan fingerprint density at radius 3 is 1.18 bits per heavy atom. The zero-order valence-electron chi connectivity index (χ0n) is 26.5. The highest BCUT2D eigenvalue weighted by atomic mass is 15.0. The number of rotatable bonds is 6. The molecule has 0 radical (unpaired) electrons. The standard InChI is InChI=1S/C41H25N9/c1-4-10-26(11-5-1)36-42-23-45-39(48-36)29-16-18-32-31(20-29)22-35(41-47-25-44-38(50-41)28-14-8-3-9-15-28)33-19-17-30(21-34(32)33)40-46-24-43-37(49-40)27-12-6-2-7-13-27/h1-25H. The van der Waals surface area contributed by atoms with Gasteiger partial charge in [-0.2, -0.15) is 0 Å². The summed E-state index contributed by atoms with van der Waals surface area (Å²) in [5.41, 5.74) is 5.37. The van der Waals surface area contributed by atoms with Gasteiger partial charge in [-0.15, -0.1) is 0 Å². The van der Waals surface area contributed by atoms with Crippen LogP contribution in [-0.4, -0.2) is 44.9 Å². The maximum Gasteiger partial charge on any atom is 0.164 e. The highest BCUT2D eigenvalue weighted by Gasteiger charge is 2.16. The molecule has 0 saturated carbocycles. The van der Waals surface area contributed by atoms with E-state index in [1.165, 1.54) is 0 Å². The van der Waals surface area contributed by atoms with Crippen molar-refractivity contribution in [3.8, 4) is 68.3 Å². The van der Waals surface area contributed by atoms with Gasteiger partial charge in [-0.3, -0.25) is 0 Å². The smallest absolute Gasteiger partial charge is 0.164 e. The molecule has 9 aromatic rings. The van der Waals surface area contributed by atoms with Crippen LogP contribution < -0.4 is 0 Å². The summed E-state index contributed by atoms with van der Waals surface area (Å²) in [6.45, 7) is 0. The SMILES string of the molecule is c1ccc(-c2ncnc(-c3ccc4c(c3)cc(-c3ncnc(-c5ccccc5)n3)c3ccc(-c5ncnc(-c6ccccc6)n5)cc34)n2)cc1. The fourth-order valence-corrected chi connectivity index (χ4v) is 6.10. The first-order valence-corrected chi connectivity index (χ1v) is 16.0. The Labute approximate surface area is 286 Å². The highest BCUT2D eigenvalue weighted by molar-refractivity contribution is 6.14. The molecule has 3 heterocycles. The van der Waals surface area contributed by atoms with Gasteiger partial charge in [0.2, 0.25) is 0 Å². The summed E-state index contributed by atoms with van der Waals surface area (Å²) in [6.07, 6.45) is 4.68. The fourth-order valence-electron chi connectivity index (χ4n) is 6.10. The van der Waals surface area contributed by atoms with Gasteiger partial charge in [0.05, 0.1) is 0 Å². The maximum atomic E-state index is 4.93. The number of benzene rings is 6. The first-order valence-electron chi connectivity index (χ1n) is 16.0. The minimum Gasteiger partial charge on any atom is -0.217 e. The highest BCUT2D eigenvalue weighted by Crippen LogP contribution is 2.37. The van der Waals surface area contributed by atoms with Crippen molar-refractivity contribution in [2.24, 2.45) is 0 Å². The summed E-state index contributed by atoms with van der Waals surface area (Å²) in [5, 5.41) is 4.01. The van der Waals surface area contributed by atoms with Crippen molar-refractivity contribution in [1.29, 1.82) is 0 Å². The molecule has 234 valence electrons. The van der Waals surface area contributed by atoms with Gasteiger partial charge in [-0.05, 0) is 39.7 Å². The molecular weight excluding hydrogens is 619 g/mol. The van der Waals surface area contributed by atoms with Crippen LogP contribution in [0.15, 0.2) is 152 Å². The topological polar surface area (TPSA) is 116 Å². The van der Waals surface area contributed by atoms with Crippen LogP contribution in [0.3, 0.4) is 0 Å². The molecule has 0 bridgehead atoms. The molecule has 0 unspecified atom stereocenters. The molecule has 0 aliphatic rings. The third kappa shape index (κ3) is 5.48. The van der Waals surface area contributed by atoms with Crippen molar-refractivity contribution in [2.45, 2.75) is 0 Å². The Hall–Kier alpha value is -7.13. The van der Waals surface area contributed by atoms with E-state index < -0.39 is 0 Å². The van der Waals surface area contributed by atoms with Gasteiger partial charge in [-0.25, -0.2) is 44.9 Å². The van der Waals surface area contributed by atoms with Crippen molar-refractivity contribution in [3.05, 3.63) is 152 Å². The molecule has 0 amide bonds.